The van der Waals surface area contributed by atoms with Crippen molar-refractivity contribution in [2.75, 3.05) is 13.7 Å². The van der Waals surface area contributed by atoms with Crippen LogP contribution >= 0.6 is 0 Å². The van der Waals surface area contributed by atoms with E-state index in [2.05, 4.69) is 10.0 Å². The maximum Gasteiger partial charge on any atom is 0.339 e. The number of hydrogen-bond donors (Lipinski definition) is 1. The Morgan fingerprint density at radius 2 is 1.73 bits per heavy atom. The first kappa shape index (κ1) is 26.9. The van der Waals surface area contributed by atoms with Crippen molar-refractivity contribution in [1.29, 1.82) is 0 Å². The van der Waals surface area contributed by atoms with Crippen LogP contribution in [0.2, 0.25) is 0 Å². The predicted octanol–water partition coefficient (Wildman–Crippen LogP) is -0.479. The molecule has 0 amide bonds. The fraction of sp³-hybridized carbons (Fsp3) is 0.652. The molecule has 2 aliphatic rings. The Labute approximate surface area is 235 Å². The maximum atomic E-state index is 12.6. The third-order valence-electron chi connectivity index (χ3n) is 5.94. The molecule has 8 atom stereocenters. The molecular weight excluding hydrogens is 554 g/mol. The second-order valence-electron chi connectivity index (χ2n) is 8.85. The highest BCUT2D eigenvalue weighted by Gasteiger charge is 2.55. The first-order chi connectivity index (χ1) is 20.6. The molecule has 18 heteroatoms. The number of aromatic nitrogens is 2. The quantitative estimate of drug-likeness (QED) is 0.127. The lowest BCUT2D eigenvalue weighted by Crippen LogP contribution is -2.64. The number of aromatic amines is 1. The van der Waals surface area contributed by atoms with E-state index < -0.39 is 103 Å². The van der Waals surface area contributed by atoms with Crippen LogP contribution in [-0.4, -0.2) is 90.0 Å². The number of carbonyl (C=O) groups is 4. The molecule has 1 N–H and O–H groups in total. The lowest BCUT2D eigenvalue weighted by atomic mass is 9.97. The van der Waals surface area contributed by atoms with E-state index in [1.165, 1.54) is 0 Å². The number of aryl methyl sites for hydroxylation is 1. The fourth-order valence-electron chi connectivity index (χ4n) is 4.33. The number of ether oxygens (including phenoxy) is 7. The summed E-state index contributed by atoms with van der Waals surface area (Å²) in [5, 5.41) is 3.64. The van der Waals surface area contributed by atoms with E-state index in [0.717, 1.165) is 38.6 Å². The number of esters is 4. The van der Waals surface area contributed by atoms with Crippen LogP contribution in [0.15, 0.2) is 20.9 Å². The highest BCUT2D eigenvalue weighted by atomic mass is 16.7. The largest absolute Gasteiger partial charge is 0.467 e. The minimum absolute atomic E-state index is 0.168. The van der Waals surface area contributed by atoms with Crippen molar-refractivity contribution in [3.05, 3.63) is 43.0 Å². The Bertz CT molecular complexity index is 1440. The third-order valence-corrected chi connectivity index (χ3v) is 5.94. The number of methoxy groups -OCH3 is 1. The molecule has 3 rings (SSSR count). The van der Waals surface area contributed by atoms with E-state index in [9.17, 15) is 28.8 Å². The second-order valence-corrected chi connectivity index (χ2v) is 8.85. The standard InChI is InChI=1S/C23H29N5O13/c1-9-7-28(23(34)25-20(9)32)15-6-13(26-27-24)14(40-15)8-36-22-19(39-12(4)31)17(38-11(3)30)16(37-10(2)29)18(41-22)21(33)35-5/h7,13-19,22H,6,8H2,1-5H3,(H,25,32,34)/t13-,14+,15+,16-,17-,18-,19+,22+/m0/s1/i1D3. The van der Waals surface area contributed by atoms with Gasteiger partial charge in [-0.25, -0.2) is 9.59 Å². The van der Waals surface area contributed by atoms with Gasteiger partial charge in [0.2, 0.25) is 0 Å². The Morgan fingerprint density at radius 1 is 1.10 bits per heavy atom. The van der Waals surface area contributed by atoms with E-state index in [1.54, 1.807) is 0 Å². The summed E-state index contributed by atoms with van der Waals surface area (Å²) < 4.78 is 61.2. The van der Waals surface area contributed by atoms with Crippen LogP contribution in [0, 0.1) is 6.85 Å². The van der Waals surface area contributed by atoms with E-state index >= 15 is 0 Å². The normalized spacial score (nSPS) is 30.5. The number of azide groups is 1. The number of nitrogens with one attached hydrogen (secondary N) is 1. The highest BCUT2D eigenvalue weighted by molar-refractivity contribution is 5.77. The molecule has 0 radical (unpaired) electrons. The van der Waals surface area contributed by atoms with Crippen LogP contribution in [0.3, 0.4) is 0 Å². The van der Waals surface area contributed by atoms with Crippen molar-refractivity contribution < 1.29 is 56.4 Å². The Hall–Kier alpha value is -4.25. The summed E-state index contributed by atoms with van der Waals surface area (Å²) >= 11 is 0. The zero-order chi connectivity index (χ0) is 32.9. The molecule has 0 spiro atoms. The van der Waals surface area contributed by atoms with Gasteiger partial charge in [-0.2, -0.15) is 0 Å². The number of nitrogens with zero attached hydrogens (tertiary/aromatic N) is 4. The molecule has 224 valence electrons. The summed E-state index contributed by atoms with van der Waals surface area (Å²) in [6.07, 6.45) is -10.0. The molecule has 0 unspecified atom stereocenters. The average molecular weight is 587 g/mol. The van der Waals surface area contributed by atoms with Crippen molar-refractivity contribution in [1.82, 2.24) is 9.55 Å². The van der Waals surface area contributed by atoms with Gasteiger partial charge in [0.25, 0.3) is 5.56 Å². The highest BCUT2D eigenvalue weighted by Crippen LogP contribution is 2.33. The van der Waals surface area contributed by atoms with Crippen LogP contribution in [0.5, 0.6) is 0 Å². The Morgan fingerprint density at radius 3 is 2.32 bits per heavy atom. The minimum atomic E-state index is -2.86. The maximum absolute atomic E-state index is 12.6. The third kappa shape index (κ3) is 7.49. The van der Waals surface area contributed by atoms with Gasteiger partial charge in [0.1, 0.15) is 6.23 Å². The van der Waals surface area contributed by atoms with Crippen molar-refractivity contribution in [3.63, 3.8) is 0 Å². The lowest BCUT2D eigenvalue weighted by molar-refractivity contribution is -0.305. The summed E-state index contributed by atoms with van der Waals surface area (Å²) in [5.41, 5.74) is 6.29. The van der Waals surface area contributed by atoms with Crippen LogP contribution in [0.25, 0.3) is 10.4 Å². The second kappa shape index (κ2) is 13.4. The molecule has 1 aromatic heterocycles. The Balaban J connectivity index is 1.94. The van der Waals surface area contributed by atoms with Gasteiger partial charge in [0.05, 0.1) is 25.9 Å². The van der Waals surface area contributed by atoms with Crippen LogP contribution in [0.4, 0.5) is 0 Å². The van der Waals surface area contributed by atoms with Crippen molar-refractivity contribution in [2.45, 2.75) is 83.1 Å². The Kier molecular flexibility index (Phi) is 8.81. The van der Waals surface area contributed by atoms with Gasteiger partial charge in [0.15, 0.2) is 30.7 Å². The zero-order valence-corrected chi connectivity index (χ0v) is 22.2. The van der Waals surface area contributed by atoms with Gasteiger partial charge in [-0.3, -0.25) is 28.7 Å². The summed E-state index contributed by atoms with van der Waals surface area (Å²) in [4.78, 5) is 77.6. The first-order valence-corrected chi connectivity index (χ1v) is 12.0. The first-order valence-electron chi connectivity index (χ1n) is 13.5. The molecule has 1 aromatic rings. The van der Waals surface area contributed by atoms with Crippen LogP contribution < -0.4 is 11.2 Å². The fourth-order valence-corrected chi connectivity index (χ4v) is 4.33. The van der Waals surface area contributed by atoms with Gasteiger partial charge < -0.3 is 33.2 Å². The van der Waals surface area contributed by atoms with Gasteiger partial charge in [0, 0.05) is 48.0 Å². The number of hydrogen-bond acceptors (Lipinski definition) is 14. The smallest absolute Gasteiger partial charge is 0.339 e. The molecule has 18 nitrogen and oxygen atoms in total. The summed E-state index contributed by atoms with van der Waals surface area (Å²) in [6.45, 7) is -0.335. The van der Waals surface area contributed by atoms with E-state index in [4.69, 9.17) is 42.8 Å². The minimum Gasteiger partial charge on any atom is -0.467 e. The molecule has 0 aromatic carbocycles. The van der Waals surface area contributed by atoms with Crippen molar-refractivity contribution in [2.24, 2.45) is 5.11 Å². The number of rotatable bonds is 9. The van der Waals surface area contributed by atoms with E-state index in [1.807, 2.05) is 4.98 Å². The van der Waals surface area contributed by atoms with Gasteiger partial charge >= 0.3 is 29.6 Å². The van der Waals surface area contributed by atoms with Gasteiger partial charge in [-0.1, -0.05) is 5.11 Å². The summed E-state index contributed by atoms with van der Waals surface area (Å²) in [7, 11) is 1.01. The zero-order valence-electron chi connectivity index (χ0n) is 25.2. The molecule has 41 heavy (non-hydrogen) atoms. The topological polar surface area (TPSA) is 237 Å². The van der Waals surface area contributed by atoms with Gasteiger partial charge in [-0.15, -0.1) is 0 Å². The van der Waals surface area contributed by atoms with Gasteiger partial charge in [-0.05, 0) is 12.4 Å². The van der Waals surface area contributed by atoms with E-state index in [-0.39, 0.29) is 6.42 Å². The summed E-state index contributed by atoms with van der Waals surface area (Å²) in [5.74, 6) is -3.75. The summed E-state index contributed by atoms with van der Waals surface area (Å²) in [6, 6.07) is -1.02. The molecule has 2 fully saturated rings. The number of carbonyl (C=O) groups excluding carboxylic acids is 4. The molecule has 0 bridgehead atoms. The molecule has 2 saturated heterocycles. The lowest BCUT2D eigenvalue weighted by Gasteiger charge is -2.43. The molecular formula is C23H29N5O13. The average Bonchev–Trinajstić information content (AvgIpc) is 3.30. The molecule has 3 heterocycles. The van der Waals surface area contributed by atoms with Crippen LogP contribution in [0.1, 0.15) is 43.1 Å². The van der Waals surface area contributed by atoms with Crippen LogP contribution in [-0.2, 0) is 52.3 Å². The molecule has 2 aliphatic heterocycles. The molecule has 0 aliphatic carbocycles. The molecule has 0 saturated carbocycles. The van der Waals surface area contributed by atoms with Crippen molar-refractivity contribution in [3.8, 4) is 0 Å². The predicted molar refractivity (Wildman–Crippen MR) is 131 cm³/mol. The van der Waals surface area contributed by atoms with Crippen molar-refractivity contribution >= 4 is 23.9 Å². The van der Waals surface area contributed by atoms with E-state index in [0.29, 0.717) is 0 Å². The number of H-pyrrole nitrogens is 1. The monoisotopic (exact) mass is 586 g/mol. The SMILES string of the molecule is [2H]C([2H])([2H])c1cn([C@H]2C[C@H](N=[N+]=[N-])[C@@H](CO[C@@H]3O[C@H](C(=O)OC)[C@@H](OC(C)=O)[C@H](OC(C)=O)[C@H]3OC(C)=O)O2)c(=O)[nH]c1=O.